The van der Waals surface area contributed by atoms with Crippen LogP contribution in [0.25, 0.3) is 27.4 Å². The zero-order valence-corrected chi connectivity index (χ0v) is 11.1. The molecule has 4 rings (SSSR count). The van der Waals surface area contributed by atoms with Crippen LogP contribution in [0.3, 0.4) is 0 Å². The van der Waals surface area contributed by atoms with Crippen LogP contribution in [0.15, 0.2) is 61.2 Å². The lowest BCUT2D eigenvalue weighted by Crippen LogP contribution is -1.89. The van der Waals surface area contributed by atoms with E-state index in [1.807, 2.05) is 35.4 Å². The molecule has 0 atom stereocenters. The maximum Gasteiger partial charge on any atom is 0.0667 e. The van der Waals surface area contributed by atoms with Gasteiger partial charge in [0.2, 0.25) is 0 Å². The van der Waals surface area contributed by atoms with Crippen LogP contribution in [0.1, 0.15) is 5.56 Å². The highest BCUT2D eigenvalue weighted by molar-refractivity contribution is 5.96. The lowest BCUT2D eigenvalue weighted by atomic mass is 10.00. The van der Waals surface area contributed by atoms with Crippen molar-refractivity contribution in [3.8, 4) is 11.1 Å². The standard InChI is InChI=1S/C17H13N3/c1-12-2-3-14-10-18-11-17(16(14)8-12)13-5-7-20-15(9-13)4-6-19-20/h2-11H,1H3. The molecule has 0 saturated heterocycles. The van der Waals surface area contributed by atoms with Gasteiger partial charge in [0.25, 0.3) is 0 Å². The molecular formula is C17H13N3. The molecule has 0 aliphatic heterocycles. The summed E-state index contributed by atoms with van der Waals surface area (Å²) in [4.78, 5) is 4.36. The minimum atomic E-state index is 1.09. The van der Waals surface area contributed by atoms with E-state index in [4.69, 9.17) is 0 Å². The molecule has 0 aliphatic rings. The van der Waals surface area contributed by atoms with Gasteiger partial charge in [-0.2, -0.15) is 5.10 Å². The summed E-state index contributed by atoms with van der Waals surface area (Å²) in [5.41, 5.74) is 4.68. The first-order valence-corrected chi connectivity index (χ1v) is 6.59. The first-order valence-electron chi connectivity index (χ1n) is 6.59. The summed E-state index contributed by atoms with van der Waals surface area (Å²) < 4.78 is 1.87. The van der Waals surface area contributed by atoms with Crippen LogP contribution in [0, 0.1) is 6.92 Å². The normalized spacial score (nSPS) is 11.2. The quantitative estimate of drug-likeness (QED) is 0.519. The molecule has 0 N–H and O–H groups in total. The van der Waals surface area contributed by atoms with Gasteiger partial charge in [0, 0.05) is 35.7 Å². The average Bonchev–Trinajstić information content (AvgIpc) is 2.94. The smallest absolute Gasteiger partial charge is 0.0667 e. The lowest BCUT2D eigenvalue weighted by Gasteiger charge is -2.07. The fraction of sp³-hybridized carbons (Fsp3) is 0.0588. The number of nitrogens with zero attached hydrogens (tertiary/aromatic N) is 3. The zero-order valence-electron chi connectivity index (χ0n) is 11.1. The van der Waals surface area contributed by atoms with Crippen LogP contribution in [0.4, 0.5) is 0 Å². The van der Waals surface area contributed by atoms with Gasteiger partial charge >= 0.3 is 0 Å². The van der Waals surface area contributed by atoms with Crippen LogP contribution in [-0.2, 0) is 0 Å². The van der Waals surface area contributed by atoms with E-state index >= 15 is 0 Å². The highest BCUT2D eigenvalue weighted by atomic mass is 15.2. The van der Waals surface area contributed by atoms with Gasteiger partial charge in [-0.05, 0) is 36.1 Å². The number of fused-ring (bicyclic) bond motifs is 2. The van der Waals surface area contributed by atoms with Gasteiger partial charge in [0.05, 0.1) is 5.52 Å². The van der Waals surface area contributed by atoms with Crippen molar-refractivity contribution in [3.63, 3.8) is 0 Å². The molecule has 3 nitrogen and oxygen atoms in total. The van der Waals surface area contributed by atoms with E-state index in [2.05, 4.69) is 47.3 Å². The molecule has 4 aromatic rings. The van der Waals surface area contributed by atoms with Gasteiger partial charge in [-0.15, -0.1) is 0 Å². The van der Waals surface area contributed by atoms with Crippen LogP contribution < -0.4 is 0 Å². The molecular weight excluding hydrogens is 246 g/mol. The molecule has 0 spiro atoms. The van der Waals surface area contributed by atoms with Crippen molar-refractivity contribution in [2.24, 2.45) is 0 Å². The van der Waals surface area contributed by atoms with Gasteiger partial charge in [-0.25, -0.2) is 4.52 Å². The summed E-state index contributed by atoms with van der Waals surface area (Å²) >= 11 is 0. The van der Waals surface area contributed by atoms with E-state index in [-0.39, 0.29) is 0 Å². The number of benzene rings is 1. The Bertz CT molecular complexity index is 922. The third kappa shape index (κ3) is 1.67. The highest BCUT2D eigenvalue weighted by Crippen LogP contribution is 2.28. The Morgan fingerprint density at radius 2 is 1.95 bits per heavy atom. The molecule has 0 amide bonds. The van der Waals surface area contributed by atoms with E-state index in [1.54, 1.807) is 0 Å². The second kappa shape index (κ2) is 4.17. The topological polar surface area (TPSA) is 30.2 Å². The Morgan fingerprint density at radius 3 is 2.90 bits per heavy atom. The van der Waals surface area contributed by atoms with Crippen molar-refractivity contribution in [3.05, 3.63) is 66.7 Å². The van der Waals surface area contributed by atoms with E-state index < -0.39 is 0 Å². The molecule has 1 aromatic carbocycles. The molecule has 0 fully saturated rings. The number of hydrogen-bond acceptors (Lipinski definition) is 2. The fourth-order valence-corrected chi connectivity index (χ4v) is 2.60. The summed E-state index contributed by atoms with van der Waals surface area (Å²) in [6.45, 7) is 2.11. The summed E-state index contributed by atoms with van der Waals surface area (Å²) in [7, 11) is 0. The molecule has 20 heavy (non-hydrogen) atoms. The van der Waals surface area contributed by atoms with Crippen molar-refractivity contribution in [1.82, 2.24) is 14.6 Å². The second-order valence-electron chi connectivity index (χ2n) is 5.03. The summed E-state index contributed by atoms with van der Waals surface area (Å²) in [5, 5.41) is 6.64. The molecule has 3 aromatic heterocycles. The van der Waals surface area contributed by atoms with E-state index in [9.17, 15) is 0 Å². The SMILES string of the molecule is Cc1ccc2cncc(-c3ccn4nccc4c3)c2c1. The lowest BCUT2D eigenvalue weighted by molar-refractivity contribution is 0.962. The van der Waals surface area contributed by atoms with Gasteiger partial charge < -0.3 is 0 Å². The maximum atomic E-state index is 4.36. The molecule has 0 bridgehead atoms. The van der Waals surface area contributed by atoms with Crippen LogP contribution in [0.2, 0.25) is 0 Å². The summed E-state index contributed by atoms with van der Waals surface area (Å²) in [6.07, 6.45) is 7.64. The van der Waals surface area contributed by atoms with E-state index in [0.717, 1.165) is 11.1 Å². The molecule has 0 aliphatic carbocycles. The van der Waals surface area contributed by atoms with Crippen molar-refractivity contribution in [1.29, 1.82) is 0 Å². The third-order valence-electron chi connectivity index (χ3n) is 3.63. The van der Waals surface area contributed by atoms with Crippen LogP contribution in [-0.4, -0.2) is 14.6 Å². The first-order chi connectivity index (χ1) is 9.81. The van der Waals surface area contributed by atoms with Gasteiger partial charge in [0.15, 0.2) is 0 Å². The Hall–Kier alpha value is -2.68. The van der Waals surface area contributed by atoms with Crippen LogP contribution >= 0.6 is 0 Å². The Kier molecular flexibility index (Phi) is 2.33. The Morgan fingerprint density at radius 1 is 1.00 bits per heavy atom. The minimum absolute atomic E-state index is 1.09. The van der Waals surface area contributed by atoms with E-state index in [0.29, 0.717) is 0 Å². The van der Waals surface area contributed by atoms with Gasteiger partial charge in [0.1, 0.15) is 0 Å². The molecule has 0 saturated carbocycles. The predicted molar refractivity (Wildman–Crippen MR) is 80.7 cm³/mol. The summed E-state index contributed by atoms with van der Waals surface area (Å²) in [6, 6.07) is 12.7. The van der Waals surface area contributed by atoms with Crippen molar-refractivity contribution in [2.45, 2.75) is 6.92 Å². The van der Waals surface area contributed by atoms with Crippen LogP contribution in [0.5, 0.6) is 0 Å². The Balaban J connectivity index is 2.03. The number of aryl methyl sites for hydroxylation is 1. The van der Waals surface area contributed by atoms with Crippen molar-refractivity contribution < 1.29 is 0 Å². The maximum absolute atomic E-state index is 4.36. The highest BCUT2D eigenvalue weighted by Gasteiger charge is 2.06. The van der Waals surface area contributed by atoms with E-state index in [1.165, 1.54) is 21.9 Å². The summed E-state index contributed by atoms with van der Waals surface area (Å²) in [5.74, 6) is 0. The zero-order chi connectivity index (χ0) is 13.5. The predicted octanol–water partition coefficient (Wildman–Crippen LogP) is 3.86. The number of pyridine rings is 2. The number of hydrogen-bond donors (Lipinski definition) is 0. The monoisotopic (exact) mass is 259 g/mol. The molecule has 96 valence electrons. The largest absolute Gasteiger partial charge is 0.263 e. The number of rotatable bonds is 1. The minimum Gasteiger partial charge on any atom is -0.263 e. The van der Waals surface area contributed by atoms with Crippen molar-refractivity contribution >= 4 is 16.3 Å². The number of aromatic nitrogens is 3. The van der Waals surface area contributed by atoms with Crippen molar-refractivity contribution in [2.75, 3.05) is 0 Å². The molecule has 3 heterocycles. The fourth-order valence-electron chi connectivity index (χ4n) is 2.60. The molecule has 3 heteroatoms. The van der Waals surface area contributed by atoms with Gasteiger partial charge in [-0.1, -0.05) is 23.8 Å². The second-order valence-corrected chi connectivity index (χ2v) is 5.03. The third-order valence-corrected chi connectivity index (χ3v) is 3.63. The molecule has 0 unspecified atom stereocenters. The average molecular weight is 259 g/mol. The first kappa shape index (κ1) is 11.2. The molecule has 0 radical (unpaired) electrons. The van der Waals surface area contributed by atoms with Gasteiger partial charge in [-0.3, -0.25) is 4.98 Å². The Labute approximate surface area is 116 Å².